The van der Waals surface area contributed by atoms with Crippen molar-refractivity contribution in [2.75, 3.05) is 25.1 Å². The van der Waals surface area contributed by atoms with E-state index in [-0.39, 0.29) is 0 Å². The standard InChI is InChI=1S/C13H17NO/c1-3-8-14-9-4-5-11-10-12(15-2)6-7-13(11)14/h3,6-7,10H,1,4-5,8-9H2,2H3. The number of hydrogen-bond donors (Lipinski definition) is 0. The number of ether oxygens (including phenoxy) is 1. The average molecular weight is 203 g/mol. The molecule has 1 aromatic carbocycles. The van der Waals surface area contributed by atoms with Gasteiger partial charge in [0, 0.05) is 18.8 Å². The minimum Gasteiger partial charge on any atom is -0.497 e. The first-order valence-electron chi connectivity index (χ1n) is 5.38. The Balaban J connectivity index is 2.31. The summed E-state index contributed by atoms with van der Waals surface area (Å²) in [7, 11) is 1.71. The van der Waals surface area contributed by atoms with Gasteiger partial charge in [-0.15, -0.1) is 6.58 Å². The molecule has 0 spiro atoms. The predicted molar refractivity (Wildman–Crippen MR) is 63.7 cm³/mol. The Morgan fingerprint density at radius 2 is 2.40 bits per heavy atom. The van der Waals surface area contributed by atoms with Gasteiger partial charge in [0.1, 0.15) is 5.75 Å². The Morgan fingerprint density at radius 1 is 1.53 bits per heavy atom. The number of fused-ring (bicyclic) bond motifs is 1. The molecule has 1 aromatic rings. The lowest BCUT2D eigenvalue weighted by molar-refractivity contribution is 0.414. The summed E-state index contributed by atoms with van der Waals surface area (Å²) < 4.78 is 5.24. The summed E-state index contributed by atoms with van der Waals surface area (Å²) in [6.45, 7) is 5.86. The number of benzene rings is 1. The van der Waals surface area contributed by atoms with Gasteiger partial charge in [-0.25, -0.2) is 0 Å². The van der Waals surface area contributed by atoms with E-state index in [1.165, 1.54) is 17.7 Å². The fourth-order valence-electron chi connectivity index (χ4n) is 2.12. The van der Waals surface area contributed by atoms with E-state index in [1.54, 1.807) is 7.11 Å². The molecule has 1 aliphatic heterocycles. The second-order valence-electron chi connectivity index (χ2n) is 3.83. The summed E-state index contributed by atoms with van der Waals surface area (Å²) >= 11 is 0. The van der Waals surface area contributed by atoms with Gasteiger partial charge in [0.2, 0.25) is 0 Å². The minimum absolute atomic E-state index is 0.930. The van der Waals surface area contributed by atoms with Crippen molar-refractivity contribution in [1.29, 1.82) is 0 Å². The number of methoxy groups -OCH3 is 1. The Bertz CT molecular complexity index is 360. The number of nitrogens with zero attached hydrogens (tertiary/aromatic N) is 1. The third kappa shape index (κ3) is 1.99. The summed E-state index contributed by atoms with van der Waals surface area (Å²) in [6.07, 6.45) is 4.33. The van der Waals surface area contributed by atoms with Crippen molar-refractivity contribution in [1.82, 2.24) is 0 Å². The molecular weight excluding hydrogens is 186 g/mol. The lowest BCUT2D eigenvalue weighted by atomic mass is 10.0. The molecule has 1 aliphatic rings. The van der Waals surface area contributed by atoms with Gasteiger partial charge in [0.25, 0.3) is 0 Å². The highest BCUT2D eigenvalue weighted by Crippen LogP contribution is 2.30. The van der Waals surface area contributed by atoms with E-state index in [4.69, 9.17) is 4.74 Å². The molecule has 0 saturated carbocycles. The zero-order chi connectivity index (χ0) is 10.7. The molecule has 2 rings (SSSR count). The van der Waals surface area contributed by atoms with E-state index in [2.05, 4.69) is 23.6 Å². The zero-order valence-electron chi connectivity index (χ0n) is 9.20. The Hall–Kier alpha value is -1.44. The molecule has 0 saturated heterocycles. The van der Waals surface area contributed by atoms with E-state index >= 15 is 0 Å². The van der Waals surface area contributed by atoms with Crippen molar-refractivity contribution in [2.45, 2.75) is 12.8 Å². The van der Waals surface area contributed by atoms with Crippen molar-refractivity contribution < 1.29 is 4.74 Å². The van der Waals surface area contributed by atoms with Crippen LogP contribution >= 0.6 is 0 Å². The molecule has 1 heterocycles. The molecule has 0 atom stereocenters. The van der Waals surface area contributed by atoms with E-state index < -0.39 is 0 Å². The molecule has 0 fully saturated rings. The maximum absolute atomic E-state index is 5.24. The maximum Gasteiger partial charge on any atom is 0.119 e. The smallest absolute Gasteiger partial charge is 0.119 e. The maximum atomic E-state index is 5.24. The normalized spacial score (nSPS) is 14.6. The van der Waals surface area contributed by atoms with Gasteiger partial charge in [-0.1, -0.05) is 6.08 Å². The van der Waals surface area contributed by atoms with Crippen LogP contribution in [0.4, 0.5) is 5.69 Å². The average Bonchev–Trinajstić information content (AvgIpc) is 2.29. The second-order valence-corrected chi connectivity index (χ2v) is 3.83. The molecule has 0 bridgehead atoms. The predicted octanol–water partition coefficient (Wildman–Crippen LogP) is 2.63. The van der Waals surface area contributed by atoms with Crippen LogP contribution in [0.1, 0.15) is 12.0 Å². The highest BCUT2D eigenvalue weighted by atomic mass is 16.5. The highest BCUT2D eigenvalue weighted by molar-refractivity contribution is 5.58. The lowest BCUT2D eigenvalue weighted by Crippen LogP contribution is -2.29. The largest absolute Gasteiger partial charge is 0.497 e. The van der Waals surface area contributed by atoms with Gasteiger partial charge in [-0.05, 0) is 36.6 Å². The summed E-state index contributed by atoms with van der Waals surface area (Å²) in [6, 6.07) is 6.32. The number of hydrogen-bond acceptors (Lipinski definition) is 2. The summed E-state index contributed by atoms with van der Waals surface area (Å²) in [5.41, 5.74) is 2.73. The van der Waals surface area contributed by atoms with Gasteiger partial charge in [0.15, 0.2) is 0 Å². The number of aryl methyl sites for hydroxylation is 1. The molecule has 0 radical (unpaired) electrons. The Kier molecular flexibility index (Phi) is 2.95. The molecule has 0 N–H and O–H groups in total. The molecule has 15 heavy (non-hydrogen) atoms. The van der Waals surface area contributed by atoms with Gasteiger partial charge >= 0.3 is 0 Å². The first kappa shape index (κ1) is 10.1. The van der Waals surface area contributed by atoms with E-state index in [1.807, 2.05) is 12.1 Å². The third-order valence-electron chi connectivity index (χ3n) is 2.85. The van der Waals surface area contributed by atoms with Crippen LogP contribution < -0.4 is 9.64 Å². The lowest BCUT2D eigenvalue weighted by Gasteiger charge is -2.30. The van der Waals surface area contributed by atoms with Crippen LogP contribution in [0.5, 0.6) is 5.75 Å². The second kappa shape index (κ2) is 4.39. The van der Waals surface area contributed by atoms with Crippen LogP contribution in [0.2, 0.25) is 0 Å². The van der Waals surface area contributed by atoms with Crippen molar-refractivity contribution in [3.05, 3.63) is 36.4 Å². The third-order valence-corrected chi connectivity index (χ3v) is 2.85. The van der Waals surface area contributed by atoms with Gasteiger partial charge in [-0.2, -0.15) is 0 Å². The quantitative estimate of drug-likeness (QED) is 0.700. The van der Waals surface area contributed by atoms with E-state index in [0.29, 0.717) is 0 Å². The highest BCUT2D eigenvalue weighted by Gasteiger charge is 2.15. The van der Waals surface area contributed by atoms with E-state index in [0.717, 1.165) is 25.3 Å². The van der Waals surface area contributed by atoms with Crippen molar-refractivity contribution in [3.8, 4) is 5.75 Å². The van der Waals surface area contributed by atoms with Gasteiger partial charge in [-0.3, -0.25) is 0 Å². The molecule has 0 aliphatic carbocycles. The molecule has 0 aromatic heterocycles. The molecule has 2 heteroatoms. The van der Waals surface area contributed by atoms with Crippen LogP contribution in [0.3, 0.4) is 0 Å². The SMILES string of the molecule is C=CCN1CCCc2cc(OC)ccc21. The monoisotopic (exact) mass is 203 g/mol. The zero-order valence-corrected chi connectivity index (χ0v) is 9.20. The molecule has 0 unspecified atom stereocenters. The first-order valence-corrected chi connectivity index (χ1v) is 5.38. The van der Waals surface area contributed by atoms with Crippen LogP contribution in [-0.4, -0.2) is 20.2 Å². The van der Waals surface area contributed by atoms with Crippen molar-refractivity contribution in [2.24, 2.45) is 0 Å². The Labute approximate surface area is 91.2 Å². The fourth-order valence-corrected chi connectivity index (χ4v) is 2.12. The van der Waals surface area contributed by atoms with Crippen molar-refractivity contribution >= 4 is 5.69 Å². The summed E-state index contributed by atoms with van der Waals surface area (Å²) in [5.74, 6) is 0.953. The number of rotatable bonds is 3. The summed E-state index contributed by atoms with van der Waals surface area (Å²) in [5, 5.41) is 0. The van der Waals surface area contributed by atoms with Crippen LogP contribution in [-0.2, 0) is 6.42 Å². The minimum atomic E-state index is 0.930. The number of anilines is 1. The molecular formula is C13H17NO. The van der Waals surface area contributed by atoms with Crippen LogP contribution in [0, 0.1) is 0 Å². The van der Waals surface area contributed by atoms with Crippen LogP contribution in [0.25, 0.3) is 0 Å². The first-order chi connectivity index (χ1) is 7.35. The molecule has 2 nitrogen and oxygen atoms in total. The van der Waals surface area contributed by atoms with E-state index in [9.17, 15) is 0 Å². The van der Waals surface area contributed by atoms with Gasteiger partial charge < -0.3 is 9.64 Å². The van der Waals surface area contributed by atoms with Gasteiger partial charge in [0.05, 0.1) is 7.11 Å². The summed E-state index contributed by atoms with van der Waals surface area (Å²) in [4.78, 5) is 2.37. The van der Waals surface area contributed by atoms with Crippen molar-refractivity contribution in [3.63, 3.8) is 0 Å². The fraction of sp³-hybridized carbons (Fsp3) is 0.385. The Morgan fingerprint density at radius 3 is 3.13 bits per heavy atom. The molecule has 80 valence electrons. The molecule has 0 amide bonds. The van der Waals surface area contributed by atoms with Crippen LogP contribution in [0.15, 0.2) is 30.9 Å². The topological polar surface area (TPSA) is 12.5 Å².